The first kappa shape index (κ1) is 22.7. The molecule has 2 N–H and O–H groups in total. The molecule has 8 nitrogen and oxygen atoms in total. The maximum atomic E-state index is 13.1. The fourth-order valence-corrected chi connectivity index (χ4v) is 6.76. The lowest BCUT2D eigenvalue weighted by molar-refractivity contribution is -0.140. The molecule has 1 aliphatic rings. The highest BCUT2D eigenvalue weighted by molar-refractivity contribution is 7.91. The fourth-order valence-electron chi connectivity index (χ4n) is 3.96. The van der Waals surface area contributed by atoms with Gasteiger partial charge < -0.3 is 5.11 Å². The summed E-state index contributed by atoms with van der Waals surface area (Å²) in [6, 6.07) is 15.8. The van der Waals surface area contributed by atoms with Crippen LogP contribution in [0.1, 0.15) is 23.5 Å². The van der Waals surface area contributed by atoms with Crippen molar-refractivity contribution in [2.45, 2.75) is 28.6 Å². The van der Waals surface area contributed by atoms with Crippen molar-refractivity contribution in [1.82, 2.24) is 19.5 Å². The normalized spacial score (nSPS) is 19.7. The van der Waals surface area contributed by atoms with Crippen LogP contribution in [-0.2, 0) is 21.4 Å². The number of carbonyl (C=O) groups is 1. The van der Waals surface area contributed by atoms with Gasteiger partial charge in [-0.3, -0.25) is 14.5 Å². The monoisotopic (exact) mass is 514 g/mol. The lowest BCUT2D eigenvalue weighted by Crippen LogP contribution is -2.44. The summed E-state index contributed by atoms with van der Waals surface area (Å²) in [6.07, 6.45) is 5.18. The van der Waals surface area contributed by atoms with E-state index in [0.29, 0.717) is 22.1 Å². The Labute approximate surface area is 204 Å². The molecule has 2 unspecified atom stereocenters. The van der Waals surface area contributed by atoms with E-state index in [1.54, 1.807) is 29.1 Å². The molecule has 1 aliphatic carbocycles. The molecule has 174 valence electrons. The Bertz CT molecular complexity index is 1450. The summed E-state index contributed by atoms with van der Waals surface area (Å²) in [7, 11) is -4.07. The highest BCUT2D eigenvalue weighted by Crippen LogP contribution is 2.52. The number of nitrogens with one attached hydrogen (secondary N) is 1. The van der Waals surface area contributed by atoms with E-state index in [-0.39, 0.29) is 10.6 Å². The van der Waals surface area contributed by atoms with Crippen LogP contribution in [0.2, 0.25) is 5.02 Å². The number of pyridine rings is 1. The van der Waals surface area contributed by atoms with Crippen molar-refractivity contribution in [2.75, 3.05) is 0 Å². The van der Waals surface area contributed by atoms with E-state index in [2.05, 4.69) is 14.8 Å². The molecule has 1 fully saturated rings. The Morgan fingerprint density at radius 2 is 2.09 bits per heavy atom. The van der Waals surface area contributed by atoms with Crippen molar-refractivity contribution in [1.29, 1.82) is 0 Å². The van der Waals surface area contributed by atoms with E-state index in [1.807, 2.05) is 36.5 Å². The van der Waals surface area contributed by atoms with Crippen molar-refractivity contribution < 1.29 is 18.3 Å². The third kappa shape index (κ3) is 4.37. The quantitative estimate of drug-likeness (QED) is 0.367. The van der Waals surface area contributed by atoms with Gasteiger partial charge in [0.05, 0.1) is 22.1 Å². The largest absolute Gasteiger partial charge is 0.480 e. The highest BCUT2D eigenvalue weighted by atomic mass is 35.5. The van der Waals surface area contributed by atoms with Crippen LogP contribution >= 0.6 is 22.9 Å². The van der Waals surface area contributed by atoms with Gasteiger partial charge in [-0.2, -0.15) is 9.82 Å². The Morgan fingerprint density at radius 1 is 1.24 bits per heavy atom. The summed E-state index contributed by atoms with van der Waals surface area (Å²) in [6.45, 7) is 0.538. The van der Waals surface area contributed by atoms with E-state index < -0.39 is 27.4 Å². The molecule has 1 aromatic carbocycles. The summed E-state index contributed by atoms with van der Waals surface area (Å²) < 4.78 is 30.5. The van der Waals surface area contributed by atoms with Gasteiger partial charge in [0, 0.05) is 24.5 Å². The SMILES string of the molecule is O=C(O)C1(NS(=O)(=O)c2ccc(-c3ccc(Cl)cn3)s2)CC1c1cccc(Cn2cccn2)c1. The number of nitrogens with zero attached hydrogens (tertiary/aromatic N) is 3. The fraction of sp³-hybridized carbons (Fsp3) is 0.174. The number of aromatic nitrogens is 3. The first-order valence-corrected chi connectivity index (χ1v) is 13.0. The molecule has 0 amide bonds. The number of carboxylic acid groups (broad SMARTS) is 1. The number of hydrogen-bond acceptors (Lipinski definition) is 6. The van der Waals surface area contributed by atoms with Crippen LogP contribution in [0, 0.1) is 0 Å². The number of hydrogen-bond donors (Lipinski definition) is 2. The maximum absolute atomic E-state index is 13.1. The lowest BCUT2D eigenvalue weighted by atomic mass is 10.0. The Morgan fingerprint density at radius 3 is 2.79 bits per heavy atom. The van der Waals surface area contributed by atoms with Crippen LogP contribution in [0.3, 0.4) is 0 Å². The molecule has 0 bridgehead atoms. The molecule has 0 spiro atoms. The second kappa shape index (κ2) is 8.62. The molecular weight excluding hydrogens is 496 g/mol. The number of carboxylic acids is 1. The molecule has 4 aromatic rings. The summed E-state index contributed by atoms with van der Waals surface area (Å²) >= 11 is 6.89. The van der Waals surface area contributed by atoms with Crippen LogP contribution in [0.4, 0.5) is 0 Å². The van der Waals surface area contributed by atoms with Gasteiger partial charge in [0.2, 0.25) is 0 Å². The van der Waals surface area contributed by atoms with E-state index in [9.17, 15) is 18.3 Å². The zero-order chi connectivity index (χ0) is 23.9. The minimum atomic E-state index is -4.07. The molecule has 1 saturated carbocycles. The minimum Gasteiger partial charge on any atom is -0.480 e. The first-order valence-electron chi connectivity index (χ1n) is 10.3. The molecule has 0 aliphatic heterocycles. The minimum absolute atomic E-state index is 0.0259. The Balaban J connectivity index is 1.37. The predicted molar refractivity (Wildman–Crippen MR) is 128 cm³/mol. The smallest absolute Gasteiger partial charge is 0.325 e. The van der Waals surface area contributed by atoms with Crippen LogP contribution < -0.4 is 4.72 Å². The zero-order valence-electron chi connectivity index (χ0n) is 17.6. The van der Waals surface area contributed by atoms with E-state index >= 15 is 0 Å². The number of benzene rings is 1. The Kier molecular flexibility index (Phi) is 5.76. The van der Waals surface area contributed by atoms with E-state index in [1.165, 1.54) is 12.3 Å². The summed E-state index contributed by atoms with van der Waals surface area (Å²) in [5.74, 6) is -1.68. The molecule has 5 rings (SSSR count). The lowest BCUT2D eigenvalue weighted by Gasteiger charge is -2.15. The van der Waals surface area contributed by atoms with Gasteiger partial charge in [0.1, 0.15) is 9.75 Å². The second-order valence-electron chi connectivity index (χ2n) is 8.07. The Hall–Kier alpha value is -3.05. The van der Waals surface area contributed by atoms with Crippen LogP contribution in [-0.4, -0.2) is 39.8 Å². The van der Waals surface area contributed by atoms with Crippen LogP contribution in [0.15, 0.2) is 77.4 Å². The summed E-state index contributed by atoms with van der Waals surface area (Å²) in [4.78, 5) is 17.1. The van der Waals surface area contributed by atoms with Crippen molar-refractivity contribution >= 4 is 38.9 Å². The molecule has 3 aromatic heterocycles. The van der Waals surface area contributed by atoms with Crippen molar-refractivity contribution in [3.63, 3.8) is 0 Å². The standard InChI is InChI=1S/C23H19ClN4O4S2/c24-17-5-6-19(25-13-17)20-7-8-21(33-20)34(31,32)27-23(22(29)30)12-18(23)16-4-1-3-15(11-16)14-28-10-2-9-26-28/h1-11,13,18,27H,12,14H2,(H,29,30). The second-order valence-corrected chi connectivity index (χ2v) is 11.5. The molecule has 3 heterocycles. The molecule has 11 heteroatoms. The van der Waals surface area contributed by atoms with Crippen molar-refractivity contribution in [3.8, 4) is 10.6 Å². The molecule has 0 radical (unpaired) electrons. The van der Waals surface area contributed by atoms with Crippen LogP contribution in [0.5, 0.6) is 0 Å². The molecule has 34 heavy (non-hydrogen) atoms. The van der Waals surface area contributed by atoms with Crippen molar-refractivity contribution in [2.24, 2.45) is 0 Å². The van der Waals surface area contributed by atoms with Gasteiger partial charge in [-0.05, 0) is 47.9 Å². The average molecular weight is 515 g/mol. The van der Waals surface area contributed by atoms with Gasteiger partial charge in [-0.25, -0.2) is 8.42 Å². The van der Waals surface area contributed by atoms with E-state index in [4.69, 9.17) is 11.6 Å². The van der Waals surface area contributed by atoms with Gasteiger partial charge >= 0.3 is 5.97 Å². The van der Waals surface area contributed by atoms with Crippen molar-refractivity contribution in [3.05, 3.63) is 89.3 Å². The van der Waals surface area contributed by atoms with Gasteiger partial charge in [0.25, 0.3) is 10.0 Å². The zero-order valence-corrected chi connectivity index (χ0v) is 20.0. The molecule has 2 atom stereocenters. The molecule has 0 saturated heterocycles. The predicted octanol–water partition coefficient (Wildman–Crippen LogP) is 4.00. The van der Waals surface area contributed by atoms with Gasteiger partial charge in [0.15, 0.2) is 0 Å². The third-order valence-electron chi connectivity index (χ3n) is 5.74. The number of sulfonamides is 1. The number of aliphatic carboxylic acids is 1. The van der Waals surface area contributed by atoms with Gasteiger partial charge in [-0.15, -0.1) is 11.3 Å². The topological polar surface area (TPSA) is 114 Å². The highest BCUT2D eigenvalue weighted by Gasteiger charge is 2.63. The summed E-state index contributed by atoms with van der Waals surface area (Å²) in [5.41, 5.74) is 0.717. The average Bonchev–Trinajstić information content (AvgIpc) is 3.15. The van der Waals surface area contributed by atoms with Gasteiger partial charge in [-0.1, -0.05) is 35.9 Å². The number of thiophene rings is 1. The number of rotatable bonds is 8. The summed E-state index contributed by atoms with van der Waals surface area (Å²) in [5, 5.41) is 14.6. The maximum Gasteiger partial charge on any atom is 0.325 e. The van der Waals surface area contributed by atoms with E-state index in [0.717, 1.165) is 22.5 Å². The number of halogens is 1. The molecular formula is C23H19ClN4O4S2. The first-order chi connectivity index (χ1) is 16.3. The third-order valence-corrected chi connectivity index (χ3v) is 9.08. The van der Waals surface area contributed by atoms with Crippen LogP contribution in [0.25, 0.3) is 10.6 Å².